The number of esters is 1. The van der Waals surface area contributed by atoms with Crippen LogP contribution in [0.15, 0.2) is 23.1 Å². The van der Waals surface area contributed by atoms with Gasteiger partial charge >= 0.3 is 5.97 Å². The van der Waals surface area contributed by atoms with E-state index in [1.807, 2.05) is 6.92 Å². The number of anilines is 1. The summed E-state index contributed by atoms with van der Waals surface area (Å²) in [5.74, 6) is -0.688. The molecule has 1 aliphatic heterocycles. The second-order valence-electron chi connectivity index (χ2n) is 6.03. The van der Waals surface area contributed by atoms with E-state index >= 15 is 0 Å². The standard InChI is InChI=1S/C15H18N2O5S/c1-9-6-11-7-12(23(16,20)21)4-5-13(11)17(9)14(18)8-22-15(19)10-2-3-10/h4-5,7,9-10H,2-3,6,8H2,1H3,(H2,16,20,21)/t9-/m1/s1. The van der Waals surface area contributed by atoms with Crippen molar-refractivity contribution in [1.29, 1.82) is 0 Å². The van der Waals surface area contributed by atoms with Gasteiger partial charge in [-0.25, -0.2) is 13.6 Å². The Hall–Kier alpha value is -1.93. The predicted octanol–water partition coefficient (Wildman–Crippen LogP) is 0.565. The molecule has 0 radical (unpaired) electrons. The lowest BCUT2D eigenvalue weighted by Crippen LogP contribution is -2.38. The molecule has 0 spiro atoms. The van der Waals surface area contributed by atoms with E-state index in [-0.39, 0.29) is 35.3 Å². The summed E-state index contributed by atoms with van der Waals surface area (Å²) in [7, 11) is -3.78. The second kappa shape index (κ2) is 5.61. The lowest BCUT2D eigenvalue weighted by atomic mass is 10.1. The molecular formula is C15H18N2O5S. The van der Waals surface area contributed by atoms with Gasteiger partial charge in [0.05, 0.1) is 10.8 Å². The number of nitrogens with zero attached hydrogens (tertiary/aromatic N) is 1. The zero-order valence-electron chi connectivity index (χ0n) is 12.7. The van der Waals surface area contributed by atoms with Crippen LogP contribution >= 0.6 is 0 Å². The molecule has 7 nitrogen and oxygen atoms in total. The molecule has 1 aliphatic carbocycles. The van der Waals surface area contributed by atoms with Gasteiger partial charge in [-0.15, -0.1) is 0 Å². The first-order valence-corrected chi connectivity index (χ1v) is 8.96. The summed E-state index contributed by atoms with van der Waals surface area (Å²) >= 11 is 0. The Labute approximate surface area is 134 Å². The third-order valence-electron chi connectivity index (χ3n) is 4.11. The van der Waals surface area contributed by atoms with Gasteiger partial charge < -0.3 is 9.64 Å². The first-order chi connectivity index (χ1) is 10.8. The summed E-state index contributed by atoms with van der Waals surface area (Å²) in [4.78, 5) is 25.5. The fourth-order valence-electron chi connectivity index (χ4n) is 2.80. The highest BCUT2D eigenvalue weighted by Crippen LogP contribution is 2.34. The van der Waals surface area contributed by atoms with Crippen molar-refractivity contribution in [2.24, 2.45) is 11.1 Å². The highest BCUT2D eigenvalue weighted by atomic mass is 32.2. The number of ether oxygens (including phenoxy) is 1. The first-order valence-electron chi connectivity index (χ1n) is 7.42. The molecule has 23 heavy (non-hydrogen) atoms. The largest absolute Gasteiger partial charge is 0.455 e. The number of carbonyl (C=O) groups excluding carboxylic acids is 2. The number of benzene rings is 1. The van der Waals surface area contributed by atoms with Crippen molar-refractivity contribution >= 4 is 27.6 Å². The number of hydrogen-bond acceptors (Lipinski definition) is 5. The first kappa shape index (κ1) is 15.9. The topological polar surface area (TPSA) is 107 Å². The Morgan fingerprint density at radius 3 is 2.65 bits per heavy atom. The number of fused-ring (bicyclic) bond motifs is 1. The molecule has 2 aliphatic rings. The Balaban J connectivity index is 1.76. The molecule has 1 saturated carbocycles. The van der Waals surface area contributed by atoms with Crippen LogP contribution in [0.4, 0.5) is 5.69 Å². The van der Waals surface area contributed by atoms with E-state index < -0.39 is 10.0 Å². The van der Waals surface area contributed by atoms with Crippen molar-refractivity contribution < 1.29 is 22.7 Å². The van der Waals surface area contributed by atoms with Crippen molar-refractivity contribution in [2.45, 2.75) is 37.1 Å². The third kappa shape index (κ3) is 3.23. The van der Waals surface area contributed by atoms with Crippen molar-refractivity contribution in [2.75, 3.05) is 11.5 Å². The van der Waals surface area contributed by atoms with E-state index in [2.05, 4.69) is 0 Å². The van der Waals surface area contributed by atoms with Crippen LogP contribution in [0, 0.1) is 5.92 Å². The average molecular weight is 338 g/mol. The molecule has 0 aromatic heterocycles. The van der Waals surface area contributed by atoms with E-state index in [0.717, 1.165) is 18.4 Å². The summed E-state index contributed by atoms with van der Waals surface area (Å²) in [5.41, 5.74) is 1.38. The van der Waals surface area contributed by atoms with E-state index in [4.69, 9.17) is 9.88 Å². The molecule has 1 atom stereocenters. The lowest BCUT2D eigenvalue weighted by molar-refractivity contribution is -0.149. The Morgan fingerprint density at radius 2 is 2.04 bits per heavy atom. The molecule has 124 valence electrons. The SMILES string of the molecule is C[C@@H]1Cc2cc(S(N)(=O)=O)ccc2N1C(=O)COC(=O)C1CC1. The Bertz CT molecular complexity index is 770. The van der Waals surface area contributed by atoms with Crippen molar-refractivity contribution in [3.05, 3.63) is 23.8 Å². The van der Waals surface area contributed by atoms with Gasteiger partial charge in [-0.1, -0.05) is 0 Å². The van der Waals surface area contributed by atoms with Crippen molar-refractivity contribution in [1.82, 2.24) is 0 Å². The molecule has 2 N–H and O–H groups in total. The normalized spacial score (nSPS) is 20.3. The Kier molecular flexibility index (Phi) is 3.89. The monoisotopic (exact) mass is 338 g/mol. The summed E-state index contributed by atoms with van der Waals surface area (Å²) in [6, 6.07) is 4.31. The minimum atomic E-state index is -3.78. The van der Waals surface area contributed by atoms with Crippen LogP contribution in [0.3, 0.4) is 0 Å². The maximum atomic E-state index is 12.4. The average Bonchev–Trinajstić information content (AvgIpc) is 3.25. The fraction of sp³-hybridized carbons (Fsp3) is 0.467. The zero-order valence-corrected chi connectivity index (χ0v) is 13.5. The van der Waals surface area contributed by atoms with Crippen LogP contribution in [0.5, 0.6) is 0 Å². The molecule has 3 rings (SSSR count). The van der Waals surface area contributed by atoms with Gasteiger partial charge in [-0.05, 0) is 49.9 Å². The molecule has 0 saturated heterocycles. The van der Waals surface area contributed by atoms with E-state index in [0.29, 0.717) is 12.1 Å². The highest BCUT2D eigenvalue weighted by molar-refractivity contribution is 7.89. The molecule has 0 unspecified atom stereocenters. The quantitative estimate of drug-likeness (QED) is 0.808. The number of carbonyl (C=O) groups is 2. The number of nitrogens with two attached hydrogens (primary N) is 1. The van der Waals surface area contributed by atoms with Crippen LogP contribution in [0.2, 0.25) is 0 Å². The zero-order chi connectivity index (χ0) is 16.8. The molecule has 0 bridgehead atoms. The molecule has 1 aromatic carbocycles. The molecular weight excluding hydrogens is 320 g/mol. The van der Waals surface area contributed by atoms with Crippen LogP contribution in [-0.2, 0) is 30.8 Å². The van der Waals surface area contributed by atoms with Crippen LogP contribution < -0.4 is 10.0 Å². The van der Waals surface area contributed by atoms with E-state index in [1.165, 1.54) is 12.1 Å². The van der Waals surface area contributed by atoms with Gasteiger partial charge in [-0.2, -0.15) is 0 Å². The van der Waals surface area contributed by atoms with Gasteiger partial charge in [0.1, 0.15) is 0 Å². The lowest BCUT2D eigenvalue weighted by Gasteiger charge is -2.22. The summed E-state index contributed by atoms with van der Waals surface area (Å²) in [6.07, 6.45) is 2.18. The summed E-state index contributed by atoms with van der Waals surface area (Å²) < 4.78 is 27.9. The predicted molar refractivity (Wildman–Crippen MR) is 82.2 cm³/mol. The van der Waals surface area contributed by atoms with E-state index in [1.54, 1.807) is 11.0 Å². The highest BCUT2D eigenvalue weighted by Gasteiger charge is 2.34. The minimum Gasteiger partial charge on any atom is -0.455 e. The van der Waals surface area contributed by atoms with Crippen LogP contribution in [0.1, 0.15) is 25.3 Å². The molecule has 8 heteroatoms. The smallest absolute Gasteiger partial charge is 0.309 e. The Morgan fingerprint density at radius 1 is 1.35 bits per heavy atom. The van der Waals surface area contributed by atoms with Gasteiger partial charge in [0.2, 0.25) is 10.0 Å². The second-order valence-corrected chi connectivity index (χ2v) is 7.60. The van der Waals surface area contributed by atoms with Crippen molar-refractivity contribution in [3.8, 4) is 0 Å². The number of primary sulfonamides is 1. The van der Waals surface area contributed by atoms with Crippen molar-refractivity contribution in [3.63, 3.8) is 0 Å². The van der Waals surface area contributed by atoms with Gasteiger partial charge in [0.15, 0.2) is 6.61 Å². The minimum absolute atomic E-state index is 0.0258. The number of rotatable bonds is 4. The maximum absolute atomic E-state index is 12.4. The van der Waals surface area contributed by atoms with Crippen LogP contribution in [-0.4, -0.2) is 32.9 Å². The number of sulfonamides is 1. The molecule has 1 heterocycles. The van der Waals surface area contributed by atoms with E-state index in [9.17, 15) is 18.0 Å². The van der Waals surface area contributed by atoms with Gasteiger partial charge in [0, 0.05) is 11.7 Å². The van der Waals surface area contributed by atoms with Crippen LogP contribution in [0.25, 0.3) is 0 Å². The number of amides is 1. The summed E-state index contributed by atoms with van der Waals surface area (Å²) in [5, 5.41) is 5.13. The van der Waals surface area contributed by atoms with Gasteiger partial charge in [-0.3, -0.25) is 9.59 Å². The molecule has 1 aromatic rings. The molecule has 1 amide bonds. The number of hydrogen-bond donors (Lipinski definition) is 1. The fourth-order valence-corrected chi connectivity index (χ4v) is 3.37. The van der Waals surface area contributed by atoms with Gasteiger partial charge in [0.25, 0.3) is 5.91 Å². The summed E-state index contributed by atoms with van der Waals surface area (Å²) in [6.45, 7) is 1.56. The third-order valence-corrected chi connectivity index (χ3v) is 5.02. The molecule has 1 fully saturated rings. The maximum Gasteiger partial charge on any atom is 0.309 e.